The standard InChI is InChI=1S/C20H24N6O3S/c1-14-2-4-15(5-3-14)22-19(30)24-18(25-27)16-12-21-13-17(23-16)26-8-6-20(7-9-26)28-10-11-29-20/h2-5,12-13,27H,6-11H2,1H3,(H2,22,24,25,30). The number of piperidine rings is 1. The van der Waals surface area contributed by atoms with E-state index < -0.39 is 5.79 Å². The quantitative estimate of drug-likeness (QED) is 0.294. The minimum absolute atomic E-state index is 0.116. The first-order valence-corrected chi connectivity index (χ1v) is 10.2. The number of benzene rings is 1. The fourth-order valence-corrected chi connectivity index (χ4v) is 3.72. The van der Waals surface area contributed by atoms with E-state index in [9.17, 15) is 5.21 Å². The number of aliphatic imine (C=N–C) groups is 1. The topological polar surface area (TPSA) is 104 Å². The Bertz CT molecular complexity index is 920. The van der Waals surface area contributed by atoms with Gasteiger partial charge in [-0.05, 0) is 31.3 Å². The average molecular weight is 429 g/mol. The van der Waals surface area contributed by atoms with Crippen molar-refractivity contribution >= 4 is 34.7 Å². The van der Waals surface area contributed by atoms with E-state index in [4.69, 9.17) is 21.7 Å². The van der Waals surface area contributed by atoms with Gasteiger partial charge in [-0.3, -0.25) is 15.7 Å². The minimum atomic E-state index is -0.450. The Morgan fingerprint density at radius 2 is 1.87 bits per heavy atom. The minimum Gasteiger partial charge on any atom is -0.355 e. The van der Waals surface area contributed by atoms with Gasteiger partial charge in [0.15, 0.2) is 16.7 Å². The number of nitrogens with one attached hydrogen (secondary N) is 2. The molecule has 0 aliphatic carbocycles. The molecule has 0 saturated carbocycles. The van der Waals surface area contributed by atoms with Crippen molar-refractivity contribution in [2.75, 3.05) is 36.5 Å². The van der Waals surface area contributed by atoms with Crippen LogP contribution in [0.15, 0.2) is 41.7 Å². The molecule has 0 atom stereocenters. The van der Waals surface area contributed by atoms with E-state index in [-0.39, 0.29) is 10.9 Å². The van der Waals surface area contributed by atoms with Crippen LogP contribution in [-0.2, 0) is 9.47 Å². The Kier molecular flexibility index (Phi) is 6.18. The van der Waals surface area contributed by atoms with Gasteiger partial charge < -0.3 is 19.7 Å². The van der Waals surface area contributed by atoms with E-state index in [2.05, 4.69) is 30.7 Å². The van der Waals surface area contributed by atoms with Gasteiger partial charge in [-0.1, -0.05) is 17.7 Å². The molecule has 0 unspecified atom stereocenters. The lowest BCUT2D eigenvalue weighted by atomic mass is 10.0. The first-order valence-electron chi connectivity index (χ1n) is 9.79. The Labute approximate surface area is 180 Å². The highest BCUT2D eigenvalue weighted by Gasteiger charge is 2.40. The Morgan fingerprint density at radius 3 is 2.53 bits per heavy atom. The number of aromatic nitrogens is 2. The molecule has 1 aromatic heterocycles. The van der Waals surface area contributed by atoms with Crippen LogP contribution in [-0.4, -0.2) is 58.2 Å². The number of nitrogens with zero attached hydrogens (tertiary/aromatic N) is 4. The highest BCUT2D eigenvalue weighted by Crippen LogP contribution is 2.32. The van der Waals surface area contributed by atoms with Gasteiger partial charge in [-0.2, -0.15) is 4.99 Å². The third kappa shape index (κ3) is 4.73. The molecule has 0 bridgehead atoms. The predicted octanol–water partition coefficient (Wildman–Crippen LogP) is 2.25. The van der Waals surface area contributed by atoms with E-state index in [0.717, 1.165) is 37.2 Å². The van der Waals surface area contributed by atoms with Gasteiger partial charge in [0.05, 0.1) is 25.6 Å². The third-order valence-electron chi connectivity index (χ3n) is 5.15. The van der Waals surface area contributed by atoms with Gasteiger partial charge in [0.1, 0.15) is 11.5 Å². The van der Waals surface area contributed by atoms with Crippen molar-refractivity contribution in [3.8, 4) is 0 Å². The predicted molar refractivity (Wildman–Crippen MR) is 117 cm³/mol. The zero-order valence-electron chi connectivity index (χ0n) is 16.7. The normalized spacial score (nSPS) is 18.5. The number of thiocarbonyl (C=S) groups is 1. The van der Waals surface area contributed by atoms with Crippen LogP contribution in [0.5, 0.6) is 0 Å². The summed E-state index contributed by atoms with van der Waals surface area (Å²) in [6.07, 6.45) is 4.75. The van der Waals surface area contributed by atoms with E-state index in [1.54, 1.807) is 6.20 Å². The molecule has 10 heteroatoms. The molecule has 3 heterocycles. The van der Waals surface area contributed by atoms with Crippen molar-refractivity contribution in [1.29, 1.82) is 0 Å². The summed E-state index contributed by atoms with van der Waals surface area (Å²) in [7, 11) is 0. The number of hydrogen-bond acceptors (Lipinski definition) is 7. The summed E-state index contributed by atoms with van der Waals surface area (Å²) in [4.78, 5) is 15.2. The van der Waals surface area contributed by atoms with Gasteiger partial charge in [0.2, 0.25) is 0 Å². The van der Waals surface area contributed by atoms with Crippen molar-refractivity contribution < 1.29 is 14.7 Å². The Balaban J connectivity index is 1.45. The summed E-state index contributed by atoms with van der Waals surface area (Å²) in [6.45, 7) is 4.78. The maximum atomic E-state index is 9.59. The lowest BCUT2D eigenvalue weighted by Gasteiger charge is -2.38. The molecule has 2 fully saturated rings. The van der Waals surface area contributed by atoms with E-state index in [0.29, 0.717) is 24.7 Å². The summed E-state index contributed by atoms with van der Waals surface area (Å²) in [5, 5.41) is 12.8. The van der Waals surface area contributed by atoms with Crippen LogP contribution in [0.4, 0.5) is 11.5 Å². The first-order chi connectivity index (χ1) is 14.6. The second kappa shape index (κ2) is 9.00. The zero-order valence-corrected chi connectivity index (χ0v) is 17.5. The van der Waals surface area contributed by atoms with Crippen LogP contribution >= 0.6 is 12.2 Å². The summed E-state index contributed by atoms with van der Waals surface area (Å²) in [5.74, 6) is 0.361. The van der Waals surface area contributed by atoms with E-state index in [1.807, 2.05) is 31.2 Å². The van der Waals surface area contributed by atoms with Crippen molar-refractivity contribution in [3.63, 3.8) is 0 Å². The number of hydroxylamine groups is 1. The maximum absolute atomic E-state index is 9.59. The maximum Gasteiger partial charge on any atom is 0.199 e. The van der Waals surface area contributed by atoms with Crippen LogP contribution in [0.2, 0.25) is 0 Å². The molecule has 9 nitrogen and oxygen atoms in total. The second-order valence-electron chi connectivity index (χ2n) is 7.23. The molecular formula is C20H24N6O3S. The molecule has 4 rings (SSSR count). The average Bonchev–Trinajstić information content (AvgIpc) is 3.22. The molecule has 0 radical (unpaired) electrons. The second-order valence-corrected chi connectivity index (χ2v) is 7.61. The smallest absolute Gasteiger partial charge is 0.199 e. The molecule has 2 aliphatic heterocycles. The molecule has 1 aromatic carbocycles. The van der Waals surface area contributed by atoms with Crippen LogP contribution in [0.1, 0.15) is 24.1 Å². The molecule has 0 amide bonds. The monoisotopic (exact) mass is 428 g/mol. The van der Waals surface area contributed by atoms with Crippen molar-refractivity contribution in [2.45, 2.75) is 25.6 Å². The molecule has 2 aromatic rings. The summed E-state index contributed by atoms with van der Waals surface area (Å²) < 4.78 is 11.6. The fourth-order valence-electron chi connectivity index (χ4n) is 3.51. The van der Waals surface area contributed by atoms with Gasteiger partial charge in [-0.25, -0.2) is 4.98 Å². The molecular weight excluding hydrogens is 404 g/mol. The number of amidine groups is 1. The third-order valence-corrected chi connectivity index (χ3v) is 5.34. The van der Waals surface area contributed by atoms with Crippen molar-refractivity contribution in [1.82, 2.24) is 15.4 Å². The van der Waals surface area contributed by atoms with Crippen LogP contribution < -0.4 is 15.7 Å². The highest BCUT2D eigenvalue weighted by molar-refractivity contribution is 7.80. The summed E-state index contributed by atoms with van der Waals surface area (Å²) >= 11 is 5.29. The van der Waals surface area contributed by atoms with Gasteiger partial charge >= 0.3 is 0 Å². The van der Waals surface area contributed by atoms with Gasteiger partial charge in [-0.15, -0.1) is 0 Å². The van der Waals surface area contributed by atoms with Gasteiger partial charge in [0.25, 0.3) is 0 Å². The lowest BCUT2D eigenvalue weighted by Crippen LogP contribution is -2.45. The SMILES string of the molecule is Cc1ccc(NC(=S)N=C(NO)c2cncc(N3CCC4(CC3)OCCO4)n2)cc1. The number of hydrogen-bond donors (Lipinski definition) is 3. The number of anilines is 2. The lowest BCUT2D eigenvalue weighted by molar-refractivity contribution is -0.169. The molecule has 2 saturated heterocycles. The van der Waals surface area contributed by atoms with E-state index in [1.165, 1.54) is 6.20 Å². The number of ether oxygens (including phenoxy) is 2. The molecule has 158 valence electrons. The van der Waals surface area contributed by atoms with Gasteiger partial charge in [0, 0.05) is 31.6 Å². The summed E-state index contributed by atoms with van der Waals surface area (Å²) in [5.41, 5.74) is 4.42. The number of rotatable bonds is 3. The largest absolute Gasteiger partial charge is 0.355 e. The molecule has 30 heavy (non-hydrogen) atoms. The summed E-state index contributed by atoms with van der Waals surface area (Å²) in [6, 6.07) is 7.76. The van der Waals surface area contributed by atoms with Crippen LogP contribution in [0, 0.1) is 6.92 Å². The fraction of sp³-hybridized carbons (Fsp3) is 0.400. The van der Waals surface area contributed by atoms with Crippen molar-refractivity contribution in [2.24, 2.45) is 4.99 Å². The van der Waals surface area contributed by atoms with Crippen LogP contribution in [0.3, 0.4) is 0 Å². The molecule has 1 spiro atoms. The molecule has 3 N–H and O–H groups in total. The zero-order chi connectivity index (χ0) is 21.0. The van der Waals surface area contributed by atoms with E-state index >= 15 is 0 Å². The van der Waals surface area contributed by atoms with Crippen LogP contribution in [0.25, 0.3) is 0 Å². The Hall–Kier alpha value is -2.66. The first kappa shape index (κ1) is 20.6. The number of aryl methyl sites for hydroxylation is 1. The highest BCUT2D eigenvalue weighted by atomic mass is 32.1. The molecule has 2 aliphatic rings. The van der Waals surface area contributed by atoms with Crippen molar-refractivity contribution in [3.05, 3.63) is 47.9 Å². The Morgan fingerprint density at radius 1 is 1.17 bits per heavy atom.